The molecule has 0 amide bonds. The van der Waals surface area contributed by atoms with E-state index in [-0.39, 0.29) is 6.29 Å². The minimum atomic E-state index is -0.295. The Morgan fingerprint density at radius 3 is 2.21 bits per heavy atom. The van der Waals surface area contributed by atoms with Crippen molar-refractivity contribution in [3.63, 3.8) is 0 Å². The van der Waals surface area contributed by atoms with Gasteiger partial charge in [-0.05, 0) is 50.5 Å². The zero-order chi connectivity index (χ0) is 17.8. The lowest BCUT2D eigenvalue weighted by Crippen LogP contribution is -2.21. The first-order valence-corrected chi connectivity index (χ1v) is 8.68. The number of hydrogen-bond donors (Lipinski definition) is 0. The fourth-order valence-electron chi connectivity index (χ4n) is 2.38. The third-order valence-corrected chi connectivity index (χ3v) is 3.62. The average Bonchev–Trinajstić information content (AvgIpc) is 2.61. The van der Waals surface area contributed by atoms with Crippen LogP contribution in [0.1, 0.15) is 45.6 Å². The molecule has 0 spiro atoms. The van der Waals surface area contributed by atoms with Gasteiger partial charge in [0.05, 0.1) is 20.8 Å². The molecule has 0 saturated heterocycles. The van der Waals surface area contributed by atoms with E-state index in [0.717, 1.165) is 36.3 Å². The van der Waals surface area contributed by atoms with Crippen molar-refractivity contribution in [1.82, 2.24) is 0 Å². The fourth-order valence-corrected chi connectivity index (χ4v) is 2.38. The normalized spacial score (nSPS) is 11.8. The van der Waals surface area contributed by atoms with Gasteiger partial charge in [0, 0.05) is 18.9 Å². The third kappa shape index (κ3) is 6.49. The number of nitrogens with zero attached hydrogens (tertiary/aromatic N) is 1. The van der Waals surface area contributed by atoms with Gasteiger partial charge in [0.2, 0.25) is 0 Å². The summed E-state index contributed by atoms with van der Waals surface area (Å²) in [5.74, 6) is 1.43. The Bertz CT molecular complexity index is 496. The van der Waals surface area contributed by atoms with Gasteiger partial charge in [-0.15, -0.1) is 0 Å². The molecule has 0 aliphatic rings. The molecule has 1 aromatic rings. The number of ether oxygens (including phenoxy) is 4. The van der Waals surface area contributed by atoms with E-state index >= 15 is 0 Å². The topological polar surface area (TPSA) is 49.3 Å². The molecule has 0 aliphatic carbocycles. The van der Waals surface area contributed by atoms with Crippen LogP contribution in [0.4, 0.5) is 0 Å². The minimum Gasteiger partial charge on any atom is -0.493 e. The summed E-state index contributed by atoms with van der Waals surface area (Å²) in [6, 6.07) is 5.91. The Morgan fingerprint density at radius 1 is 1.00 bits per heavy atom. The van der Waals surface area contributed by atoms with E-state index in [2.05, 4.69) is 6.92 Å². The summed E-state index contributed by atoms with van der Waals surface area (Å²) in [5.41, 5.74) is 2.09. The summed E-state index contributed by atoms with van der Waals surface area (Å²) in [5, 5.41) is 0. The number of rotatable bonds is 12. The minimum absolute atomic E-state index is 0.295. The summed E-state index contributed by atoms with van der Waals surface area (Å²) in [6.45, 7) is 7.82. The van der Waals surface area contributed by atoms with Crippen molar-refractivity contribution in [3.05, 3.63) is 23.8 Å². The number of methoxy groups -OCH3 is 2. The Hall–Kier alpha value is -1.59. The predicted octanol–water partition coefficient (Wildman–Crippen LogP) is 4.08. The van der Waals surface area contributed by atoms with E-state index in [9.17, 15) is 0 Å². The molecular weight excluding hydrogens is 306 g/mol. The van der Waals surface area contributed by atoms with Crippen LogP contribution in [0.2, 0.25) is 0 Å². The molecule has 0 radical (unpaired) electrons. The van der Waals surface area contributed by atoms with Crippen LogP contribution < -0.4 is 9.47 Å². The van der Waals surface area contributed by atoms with E-state index in [4.69, 9.17) is 23.9 Å². The number of benzene rings is 1. The van der Waals surface area contributed by atoms with Crippen LogP contribution >= 0.6 is 0 Å². The van der Waals surface area contributed by atoms with Crippen molar-refractivity contribution in [3.8, 4) is 11.5 Å². The molecule has 0 aliphatic heterocycles. The Morgan fingerprint density at radius 2 is 1.67 bits per heavy atom. The van der Waals surface area contributed by atoms with Crippen LogP contribution in [0.15, 0.2) is 23.2 Å². The maximum absolute atomic E-state index is 5.58. The highest BCUT2D eigenvalue weighted by Gasteiger charge is 2.12. The molecule has 0 atom stereocenters. The van der Waals surface area contributed by atoms with Crippen molar-refractivity contribution in [2.24, 2.45) is 4.99 Å². The second-order valence-corrected chi connectivity index (χ2v) is 5.30. The zero-order valence-electron chi connectivity index (χ0n) is 15.6. The van der Waals surface area contributed by atoms with Crippen LogP contribution in [-0.4, -0.2) is 46.0 Å². The molecule has 1 rings (SSSR count). The Kier molecular flexibility index (Phi) is 10.1. The van der Waals surface area contributed by atoms with Gasteiger partial charge in [-0.3, -0.25) is 4.99 Å². The van der Waals surface area contributed by atoms with Gasteiger partial charge in [-0.25, -0.2) is 0 Å². The molecular formula is C19H31NO4. The summed E-state index contributed by atoms with van der Waals surface area (Å²) in [4.78, 5) is 4.77. The second-order valence-electron chi connectivity index (χ2n) is 5.30. The predicted molar refractivity (Wildman–Crippen MR) is 97.5 cm³/mol. The highest BCUT2D eigenvalue weighted by molar-refractivity contribution is 6.01. The first kappa shape index (κ1) is 20.5. The summed E-state index contributed by atoms with van der Waals surface area (Å²) < 4.78 is 21.9. The van der Waals surface area contributed by atoms with Crippen molar-refractivity contribution < 1.29 is 18.9 Å². The van der Waals surface area contributed by atoms with Crippen LogP contribution in [0, 0.1) is 0 Å². The molecule has 24 heavy (non-hydrogen) atoms. The maximum atomic E-state index is 5.58. The number of hydrogen-bond acceptors (Lipinski definition) is 5. The molecule has 136 valence electrons. The fraction of sp³-hybridized carbons (Fsp3) is 0.632. The molecule has 0 fully saturated rings. The van der Waals surface area contributed by atoms with Gasteiger partial charge in [-0.2, -0.15) is 0 Å². The van der Waals surface area contributed by atoms with Gasteiger partial charge in [0.15, 0.2) is 17.8 Å². The molecule has 5 nitrogen and oxygen atoms in total. The summed E-state index contributed by atoms with van der Waals surface area (Å²) >= 11 is 0. The smallest absolute Gasteiger partial charge is 0.176 e. The first-order chi connectivity index (χ1) is 11.7. The van der Waals surface area contributed by atoms with Crippen molar-refractivity contribution >= 4 is 5.71 Å². The second kappa shape index (κ2) is 11.9. The van der Waals surface area contributed by atoms with E-state index < -0.39 is 0 Å². The monoisotopic (exact) mass is 337 g/mol. The molecule has 0 N–H and O–H groups in total. The lowest BCUT2D eigenvalue weighted by Gasteiger charge is -2.16. The largest absolute Gasteiger partial charge is 0.493 e. The zero-order valence-corrected chi connectivity index (χ0v) is 15.6. The number of unbranched alkanes of at least 4 members (excludes halogenated alkanes) is 1. The van der Waals surface area contributed by atoms with E-state index in [1.165, 1.54) is 0 Å². The maximum Gasteiger partial charge on any atom is 0.176 e. The number of aliphatic imine (C=N–C) groups is 1. The molecule has 0 bridgehead atoms. The van der Waals surface area contributed by atoms with Crippen LogP contribution in [-0.2, 0) is 9.47 Å². The van der Waals surface area contributed by atoms with Gasteiger partial charge in [-0.1, -0.05) is 13.3 Å². The molecule has 5 heteroatoms. The average molecular weight is 337 g/mol. The van der Waals surface area contributed by atoms with Gasteiger partial charge in [0.25, 0.3) is 0 Å². The lowest BCUT2D eigenvalue weighted by atomic mass is 10.0. The van der Waals surface area contributed by atoms with Gasteiger partial charge < -0.3 is 18.9 Å². The lowest BCUT2D eigenvalue weighted by molar-refractivity contribution is -0.128. The van der Waals surface area contributed by atoms with E-state index in [1.54, 1.807) is 14.2 Å². The Balaban J connectivity index is 3.00. The van der Waals surface area contributed by atoms with E-state index in [1.807, 2.05) is 32.0 Å². The summed E-state index contributed by atoms with van der Waals surface area (Å²) in [7, 11) is 3.28. The summed E-state index contributed by atoms with van der Waals surface area (Å²) in [6.07, 6.45) is 2.82. The highest BCUT2D eigenvalue weighted by Crippen LogP contribution is 2.28. The first-order valence-electron chi connectivity index (χ1n) is 8.68. The molecule has 1 aromatic carbocycles. The quantitative estimate of drug-likeness (QED) is 0.426. The van der Waals surface area contributed by atoms with Gasteiger partial charge in [0.1, 0.15) is 0 Å². The van der Waals surface area contributed by atoms with Crippen LogP contribution in [0.3, 0.4) is 0 Å². The Labute approximate surface area is 146 Å². The third-order valence-electron chi connectivity index (χ3n) is 3.62. The van der Waals surface area contributed by atoms with Crippen molar-refractivity contribution in [2.45, 2.75) is 46.3 Å². The van der Waals surface area contributed by atoms with Crippen LogP contribution in [0.25, 0.3) is 0 Å². The highest BCUT2D eigenvalue weighted by atomic mass is 16.7. The van der Waals surface area contributed by atoms with Crippen molar-refractivity contribution in [2.75, 3.05) is 34.0 Å². The van der Waals surface area contributed by atoms with Crippen molar-refractivity contribution in [1.29, 1.82) is 0 Å². The van der Waals surface area contributed by atoms with E-state index in [0.29, 0.717) is 25.5 Å². The van der Waals surface area contributed by atoms with Gasteiger partial charge >= 0.3 is 0 Å². The van der Waals surface area contributed by atoms with Crippen LogP contribution in [0.5, 0.6) is 11.5 Å². The molecule has 0 aromatic heterocycles. The standard InChI is InChI=1S/C19H31NO4/c1-6-9-10-16(20-14-19(23-7-2)24-8-3)15-11-12-17(21-4)18(13-15)22-5/h11-13,19H,6-10,14H2,1-5H3/b20-16+. The molecule has 0 unspecified atom stereocenters. The molecule has 0 heterocycles. The SMILES string of the molecule is CCCC/C(=N\CC(OCC)OCC)c1ccc(OC)c(OC)c1. The molecule has 0 saturated carbocycles.